The second kappa shape index (κ2) is 6.04. The van der Waals surface area contributed by atoms with Gasteiger partial charge in [-0.2, -0.15) is 0 Å². The lowest BCUT2D eigenvalue weighted by Crippen LogP contribution is -2.33. The minimum Gasteiger partial charge on any atom is -0.396 e. The van der Waals surface area contributed by atoms with Gasteiger partial charge in [-0.05, 0) is 31.9 Å². The lowest BCUT2D eigenvalue weighted by molar-refractivity contribution is 0.0930. The Morgan fingerprint density at radius 1 is 1.58 bits per heavy atom. The number of pyridine rings is 1. The summed E-state index contributed by atoms with van der Waals surface area (Å²) in [5.41, 5.74) is 0.980. The van der Waals surface area contributed by atoms with Crippen molar-refractivity contribution in [1.82, 2.24) is 14.7 Å². The normalized spacial score (nSPS) is 12.6. The van der Waals surface area contributed by atoms with E-state index in [1.165, 1.54) is 0 Å². The average Bonchev–Trinajstić information content (AvgIpc) is 2.72. The quantitative estimate of drug-likeness (QED) is 0.879. The zero-order chi connectivity index (χ0) is 13.8. The van der Waals surface area contributed by atoms with Crippen LogP contribution in [0.5, 0.6) is 0 Å². The number of hydrogen-bond donors (Lipinski definition) is 2. The van der Waals surface area contributed by atoms with E-state index in [4.69, 9.17) is 16.7 Å². The molecule has 0 aliphatic carbocycles. The van der Waals surface area contributed by atoms with Crippen molar-refractivity contribution < 1.29 is 9.90 Å². The first-order valence-electron chi connectivity index (χ1n) is 6.17. The molecular weight excluding hydrogens is 266 g/mol. The van der Waals surface area contributed by atoms with Crippen molar-refractivity contribution in [3.05, 3.63) is 35.2 Å². The molecule has 0 bridgehead atoms. The Morgan fingerprint density at radius 2 is 2.37 bits per heavy atom. The summed E-state index contributed by atoms with van der Waals surface area (Å²) in [6, 6.07) is 5.42. The van der Waals surface area contributed by atoms with Crippen LogP contribution in [0.3, 0.4) is 0 Å². The second-order valence-corrected chi connectivity index (χ2v) is 4.78. The molecule has 0 radical (unpaired) electrons. The second-order valence-electron chi connectivity index (χ2n) is 4.42. The van der Waals surface area contributed by atoms with Crippen molar-refractivity contribution in [3.8, 4) is 0 Å². The Kier molecular flexibility index (Phi) is 4.39. The number of nitrogens with zero attached hydrogens (tertiary/aromatic N) is 2. The van der Waals surface area contributed by atoms with E-state index in [-0.39, 0.29) is 23.7 Å². The highest BCUT2D eigenvalue weighted by molar-refractivity contribution is 6.32. The van der Waals surface area contributed by atoms with Crippen LogP contribution in [0.2, 0.25) is 5.15 Å². The number of fused-ring (bicyclic) bond motifs is 1. The Balaban J connectivity index is 2.19. The van der Waals surface area contributed by atoms with E-state index < -0.39 is 0 Å². The van der Waals surface area contributed by atoms with Crippen LogP contribution >= 0.6 is 11.6 Å². The molecule has 0 aliphatic rings. The van der Waals surface area contributed by atoms with Gasteiger partial charge in [-0.15, -0.1) is 0 Å². The van der Waals surface area contributed by atoms with Crippen molar-refractivity contribution in [2.45, 2.75) is 25.8 Å². The van der Waals surface area contributed by atoms with Gasteiger partial charge in [-0.25, -0.2) is 4.98 Å². The molecule has 2 aromatic rings. The highest BCUT2D eigenvalue weighted by Gasteiger charge is 2.19. The van der Waals surface area contributed by atoms with Crippen molar-refractivity contribution in [1.29, 1.82) is 0 Å². The largest absolute Gasteiger partial charge is 0.396 e. The molecule has 1 atom stereocenters. The van der Waals surface area contributed by atoms with Crippen LogP contribution in [-0.2, 0) is 0 Å². The number of imidazole rings is 1. The van der Waals surface area contributed by atoms with E-state index in [2.05, 4.69) is 10.3 Å². The van der Waals surface area contributed by atoms with E-state index in [1.54, 1.807) is 16.7 Å². The summed E-state index contributed by atoms with van der Waals surface area (Å²) in [6.07, 6.45) is 3.13. The molecule has 2 rings (SSSR count). The standard InChI is InChI=1S/C13H16ClN3O2/c1-9(5-4-8-18)15-13(19)11-12(14)16-10-6-2-3-7-17(10)11/h2-3,6-7,9,18H,4-5,8H2,1H3,(H,15,19). The zero-order valence-electron chi connectivity index (χ0n) is 10.6. The van der Waals surface area contributed by atoms with Crippen molar-refractivity contribution in [2.24, 2.45) is 0 Å². The summed E-state index contributed by atoms with van der Waals surface area (Å²) in [5.74, 6) is -0.255. The van der Waals surface area contributed by atoms with Crippen LogP contribution in [0.1, 0.15) is 30.3 Å². The minimum atomic E-state index is -0.255. The molecule has 0 aromatic carbocycles. The van der Waals surface area contributed by atoms with Gasteiger partial charge in [-0.1, -0.05) is 17.7 Å². The SMILES string of the molecule is CC(CCCO)NC(=O)c1c(Cl)nc2ccccn12. The van der Waals surface area contributed by atoms with Gasteiger partial charge in [0.2, 0.25) is 0 Å². The molecule has 0 saturated carbocycles. The smallest absolute Gasteiger partial charge is 0.271 e. The van der Waals surface area contributed by atoms with Crippen LogP contribution < -0.4 is 5.32 Å². The Labute approximate surface area is 116 Å². The maximum atomic E-state index is 12.2. The fraction of sp³-hybridized carbons (Fsp3) is 0.385. The molecule has 0 aliphatic heterocycles. The van der Waals surface area contributed by atoms with E-state index in [0.717, 1.165) is 6.42 Å². The number of carbonyl (C=O) groups is 1. The fourth-order valence-corrected chi connectivity index (χ4v) is 2.20. The number of aromatic nitrogens is 2. The fourth-order valence-electron chi connectivity index (χ4n) is 1.93. The first-order valence-corrected chi connectivity index (χ1v) is 6.55. The molecule has 0 spiro atoms. The minimum absolute atomic E-state index is 0.0232. The molecule has 5 nitrogen and oxygen atoms in total. The van der Waals surface area contributed by atoms with Gasteiger partial charge in [0.25, 0.3) is 5.91 Å². The number of nitrogens with one attached hydrogen (secondary N) is 1. The Morgan fingerprint density at radius 3 is 3.11 bits per heavy atom. The van der Waals surface area contributed by atoms with E-state index in [1.807, 2.05) is 19.1 Å². The first kappa shape index (κ1) is 13.8. The maximum Gasteiger partial charge on any atom is 0.271 e. The van der Waals surface area contributed by atoms with Crippen molar-refractivity contribution in [3.63, 3.8) is 0 Å². The average molecular weight is 282 g/mol. The van der Waals surface area contributed by atoms with Gasteiger partial charge in [0, 0.05) is 18.8 Å². The van der Waals surface area contributed by atoms with Crippen LogP contribution in [-0.4, -0.2) is 33.0 Å². The topological polar surface area (TPSA) is 66.6 Å². The van der Waals surface area contributed by atoms with Crippen molar-refractivity contribution >= 4 is 23.2 Å². The summed E-state index contributed by atoms with van der Waals surface area (Å²) in [4.78, 5) is 16.3. The van der Waals surface area contributed by atoms with Gasteiger partial charge >= 0.3 is 0 Å². The number of aliphatic hydroxyl groups excluding tert-OH is 1. The van der Waals surface area contributed by atoms with E-state index in [0.29, 0.717) is 17.8 Å². The summed E-state index contributed by atoms with van der Waals surface area (Å²) >= 11 is 6.02. The molecule has 1 unspecified atom stereocenters. The van der Waals surface area contributed by atoms with Crippen LogP contribution in [0.15, 0.2) is 24.4 Å². The summed E-state index contributed by atoms with van der Waals surface area (Å²) in [5, 5.41) is 11.8. The molecule has 2 heterocycles. The zero-order valence-corrected chi connectivity index (χ0v) is 11.4. The predicted molar refractivity (Wildman–Crippen MR) is 73.5 cm³/mol. The highest BCUT2D eigenvalue weighted by Crippen LogP contribution is 2.17. The molecular formula is C13H16ClN3O2. The molecule has 6 heteroatoms. The molecule has 0 fully saturated rings. The summed E-state index contributed by atoms with van der Waals surface area (Å²) in [6.45, 7) is 2.02. The monoisotopic (exact) mass is 281 g/mol. The molecule has 0 saturated heterocycles. The van der Waals surface area contributed by atoms with Crippen LogP contribution in [0.4, 0.5) is 0 Å². The lowest BCUT2D eigenvalue weighted by Gasteiger charge is -2.13. The van der Waals surface area contributed by atoms with Gasteiger partial charge in [0.05, 0.1) is 0 Å². The number of halogens is 1. The lowest BCUT2D eigenvalue weighted by atomic mass is 10.2. The number of amides is 1. The van der Waals surface area contributed by atoms with Crippen LogP contribution in [0.25, 0.3) is 5.65 Å². The summed E-state index contributed by atoms with van der Waals surface area (Å²) < 4.78 is 1.66. The molecule has 19 heavy (non-hydrogen) atoms. The van der Waals surface area contributed by atoms with Crippen LogP contribution in [0, 0.1) is 0 Å². The van der Waals surface area contributed by atoms with E-state index >= 15 is 0 Å². The Bertz CT molecular complexity index is 582. The third-order valence-corrected chi connectivity index (χ3v) is 3.14. The first-order chi connectivity index (χ1) is 9.13. The number of hydrogen-bond acceptors (Lipinski definition) is 3. The molecule has 2 aromatic heterocycles. The maximum absolute atomic E-state index is 12.2. The third-order valence-electron chi connectivity index (χ3n) is 2.88. The third kappa shape index (κ3) is 3.05. The molecule has 1 amide bonds. The predicted octanol–water partition coefficient (Wildman–Crippen LogP) is 1.88. The van der Waals surface area contributed by atoms with Gasteiger partial charge < -0.3 is 10.4 Å². The highest BCUT2D eigenvalue weighted by atomic mass is 35.5. The molecule has 2 N–H and O–H groups in total. The number of rotatable bonds is 5. The van der Waals surface area contributed by atoms with Gasteiger partial charge in [0.1, 0.15) is 5.65 Å². The van der Waals surface area contributed by atoms with E-state index in [9.17, 15) is 4.79 Å². The Hall–Kier alpha value is -1.59. The van der Waals surface area contributed by atoms with Gasteiger partial charge in [0.15, 0.2) is 10.8 Å². The van der Waals surface area contributed by atoms with Gasteiger partial charge in [-0.3, -0.25) is 9.20 Å². The number of aliphatic hydroxyl groups is 1. The van der Waals surface area contributed by atoms with Crippen molar-refractivity contribution in [2.75, 3.05) is 6.61 Å². The summed E-state index contributed by atoms with van der Waals surface area (Å²) in [7, 11) is 0. The molecule has 102 valence electrons. The number of carbonyl (C=O) groups excluding carboxylic acids is 1.